The highest BCUT2D eigenvalue weighted by Gasteiger charge is 2.35. The molecule has 5 rings (SSSR count). The molecule has 0 saturated heterocycles. The van der Waals surface area contributed by atoms with E-state index in [1.54, 1.807) is 64.1 Å². The second-order valence-electron chi connectivity index (χ2n) is 10.0. The average Bonchev–Trinajstić information content (AvgIpc) is 3.57. The van der Waals surface area contributed by atoms with Crippen molar-refractivity contribution in [2.75, 3.05) is 13.2 Å². The lowest BCUT2D eigenvalue weighted by molar-refractivity contribution is -0.139. The zero-order chi connectivity index (χ0) is 30.7. The summed E-state index contributed by atoms with van der Waals surface area (Å²) in [5.74, 6) is 0.591. The molecule has 43 heavy (non-hydrogen) atoms. The van der Waals surface area contributed by atoms with Crippen molar-refractivity contribution in [3.05, 3.63) is 109 Å². The first-order valence-electron chi connectivity index (χ1n) is 14.0. The van der Waals surface area contributed by atoms with Gasteiger partial charge >= 0.3 is 11.9 Å². The summed E-state index contributed by atoms with van der Waals surface area (Å²) in [6.45, 7) is 9.54. The number of fused-ring (bicyclic) bond motifs is 1. The molecule has 2 aromatic carbocycles. The minimum absolute atomic E-state index is 0.183. The molecular weight excluding hydrogens is 568 g/mol. The number of hydrogen-bond donors (Lipinski definition) is 0. The van der Waals surface area contributed by atoms with E-state index in [0.29, 0.717) is 55.6 Å². The van der Waals surface area contributed by atoms with E-state index in [9.17, 15) is 14.4 Å². The summed E-state index contributed by atoms with van der Waals surface area (Å²) in [5.41, 5.74) is 2.19. The quantitative estimate of drug-likeness (QED) is 0.248. The Labute approximate surface area is 252 Å². The molecule has 1 atom stereocenters. The Morgan fingerprint density at radius 2 is 1.84 bits per heavy atom. The van der Waals surface area contributed by atoms with E-state index in [4.69, 9.17) is 18.6 Å². The molecule has 1 aliphatic heterocycles. The molecule has 0 fully saturated rings. The van der Waals surface area contributed by atoms with Crippen molar-refractivity contribution in [1.29, 1.82) is 0 Å². The summed E-state index contributed by atoms with van der Waals surface area (Å²) in [7, 11) is 0. The van der Waals surface area contributed by atoms with E-state index < -0.39 is 18.0 Å². The summed E-state index contributed by atoms with van der Waals surface area (Å²) in [4.78, 5) is 44.6. The van der Waals surface area contributed by atoms with Crippen molar-refractivity contribution in [2.24, 2.45) is 4.99 Å². The van der Waals surface area contributed by atoms with Crippen molar-refractivity contribution in [3.63, 3.8) is 0 Å². The van der Waals surface area contributed by atoms with E-state index in [-0.39, 0.29) is 23.8 Å². The van der Waals surface area contributed by atoms with Gasteiger partial charge in [0.1, 0.15) is 23.3 Å². The van der Waals surface area contributed by atoms with E-state index in [1.165, 1.54) is 15.9 Å². The smallest absolute Gasteiger partial charge is 0.338 e. The van der Waals surface area contributed by atoms with Crippen LogP contribution in [0, 0.1) is 0 Å². The number of allylic oxidation sites excluding steroid dienone is 1. The van der Waals surface area contributed by atoms with Gasteiger partial charge < -0.3 is 18.6 Å². The number of furan rings is 1. The predicted molar refractivity (Wildman–Crippen MR) is 163 cm³/mol. The van der Waals surface area contributed by atoms with E-state index >= 15 is 0 Å². The van der Waals surface area contributed by atoms with Gasteiger partial charge in [-0.1, -0.05) is 41.7 Å². The van der Waals surface area contributed by atoms with Gasteiger partial charge in [-0.3, -0.25) is 9.36 Å². The number of benzene rings is 2. The maximum atomic E-state index is 14.0. The van der Waals surface area contributed by atoms with Crippen LogP contribution < -0.4 is 19.6 Å². The Balaban J connectivity index is 1.58. The Bertz CT molecular complexity index is 1890. The molecule has 222 valence electrons. The molecule has 9 nitrogen and oxygen atoms in total. The Morgan fingerprint density at radius 1 is 1.05 bits per heavy atom. The van der Waals surface area contributed by atoms with Crippen LogP contribution in [0.1, 0.15) is 62.3 Å². The summed E-state index contributed by atoms with van der Waals surface area (Å²) in [6, 6.07) is 17.1. The van der Waals surface area contributed by atoms with Gasteiger partial charge in [-0.25, -0.2) is 14.6 Å². The van der Waals surface area contributed by atoms with Gasteiger partial charge in [0, 0.05) is 17.2 Å². The fourth-order valence-electron chi connectivity index (χ4n) is 4.88. The lowest BCUT2D eigenvalue weighted by Crippen LogP contribution is -2.40. The van der Waals surface area contributed by atoms with Crippen LogP contribution in [-0.4, -0.2) is 35.8 Å². The molecule has 0 aliphatic carbocycles. The highest BCUT2D eigenvalue weighted by molar-refractivity contribution is 7.07. The average molecular weight is 601 g/mol. The highest BCUT2D eigenvalue weighted by atomic mass is 32.1. The monoisotopic (exact) mass is 600 g/mol. The van der Waals surface area contributed by atoms with Gasteiger partial charge in [0.15, 0.2) is 4.80 Å². The van der Waals surface area contributed by atoms with Crippen LogP contribution in [-0.2, 0) is 14.3 Å². The second-order valence-corrected chi connectivity index (χ2v) is 11.0. The summed E-state index contributed by atoms with van der Waals surface area (Å²) in [6.07, 6.45) is 1.42. The lowest BCUT2D eigenvalue weighted by atomic mass is 9.95. The maximum Gasteiger partial charge on any atom is 0.338 e. The van der Waals surface area contributed by atoms with Gasteiger partial charge in [0.2, 0.25) is 0 Å². The predicted octanol–water partition coefficient (Wildman–Crippen LogP) is 5.02. The number of nitrogens with zero attached hydrogens (tertiary/aromatic N) is 2. The van der Waals surface area contributed by atoms with Crippen LogP contribution in [0.3, 0.4) is 0 Å². The standard InChI is InChI=1S/C33H32N2O7S/c1-6-39-26-14-9-8-13-24(26)29-28(32(38)40-7-2)20(5)34-33-35(29)30(36)27(43-33)18-23-15-16-25(42-23)21-11-10-12-22(17-21)31(37)41-19(3)4/h8-19,29H,6-7H2,1-5H3/b27-18+/t29-/m1/s1. The Hall–Kier alpha value is -4.70. The molecule has 0 radical (unpaired) electrons. The van der Waals surface area contributed by atoms with Crippen molar-refractivity contribution in [1.82, 2.24) is 4.57 Å². The van der Waals surface area contributed by atoms with E-state index in [1.807, 2.05) is 37.3 Å². The van der Waals surface area contributed by atoms with Crippen molar-refractivity contribution in [2.45, 2.75) is 46.8 Å². The van der Waals surface area contributed by atoms with Crippen molar-refractivity contribution < 1.29 is 28.2 Å². The van der Waals surface area contributed by atoms with Gasteiger partial charge in [-0.15, -0.1) is 0 Å². The molecule has 1 aliphatic rings. The van der Waals surface area contributed by atoms with Crippen LogP contribution in [0.25, 0.3) is 17.4 Å². The Kier molecular flexibility index (Phi) is 8.77. The molecular formula is C33H32N2O7S. The molecule has 10 heteroatoms. The van der Waals surface area contributed by atoms with E-state index in [2.05, 4.69) is 4.99 Å². The van der Waals surface area contributed by atoms with Gasteiger partial charge in [-0.2, -0.15) is 0 Å². The molecule has 3 heterocycles. The van der Waals surface area contributed by atoms with Crippen molar-refractivity contribution >= 4 is 29.4 Å². The fourth-order valence-corrected chi connectivity index (χ4v) is 5.90. The van der Waals surface area contributed by atoms with E-state index in [0.717, 1.165) is 0 Å². The lowest BCUT2D eigenvalue weighted by Gasteiger charge is -2.26. The summed E-state index contributed by atoms with van der Waals surface area (Å²) in [5, 5.41) is 0. The fraction of sp³-hybridized carbons (Fsp3) is 0.273. The summed E-state index contributed by atoms with van der Waals surface area (Å²) < 4.78 is 24.5. The number of para-hydroxylation sites is 1. The molecule has 0 saturated carbocycles. The molecule has 2 aromatic heterocycles. The number of carbonyl (C=O) groups is 2. The largest absolute Gasteiger partial charge is 0.494 e. The zero-order valence-corrected chi connectivity index (χ0v) is 25.4. The Morgan fingerprint density at radius 3 is 2.58 bits per heavy atom. The molecule has 4 aromatic rings. The maximum absolute atomic E-state index is 14.0. The number of carbonyl (C=O) groups excluding carboxylic acids is 2. The minimum atomic E-state index is -0.791. The minimum Gasteiger partial charge on any atom is -0.494 e. The van der Waals surface area contributed by atoms with Gasteiger partial charge in [0.05, 0.1) is 40.7 Å². The third-order valence-electron chi connectivity index (χ3n) is 6.66. The number of hydrogen-bond acceptors (Lipinski definition) is 9. The van der Waals surface area contributed by atoms with Crippen molar-refractivity contribution in [3.8, 4) is 17.1 Å². The van der Waals surface area contributed by atoms with Crippen LogP contribution in [0.5, 0.6) is 5.75 Å². The third kappa shape index (κ3) is 6.10. The summed E-state index contributed by atoms with van der Waals surface area (Å²) >= 11 is 1.20. The first-order chi connectivity index (χ1) is 20.7. The third-order valence-corrected chi connectivity index (χ3v) is 7.64. The number of rotatable bonds is 9. The molecule has 0 N–H and O–H groups in total. The molecule has 0 amide bonds. The first kappa shape index (κ1) is 29.8. The number of ether oxygens (including phenoxy) is 3. The molecule has 0 bridgehead atoms. The number of thiazole rings is 1. The highest BCUT2D eigenvalue weighted by Crippen LogP contribution is 2.36. The molecule has 0 spiro atoms. The number of aromatic nitrogens is 1. The van der Waals surface area contributed by atoms with Crippen LogP contribution >= 0.6 is 11.3 Å². The van der Waals surface area contributed by atoms with Gasteiger partial charge in [-0.05, 0) is 65.0 Å². The zero-order valence-electron chi connectivity index (χ0n) is 24.6. The molecule has 0 unspecified atom stereocenters. The first-order valence-corrected chi connectivity index (χ1v) is 14.9. The van der Waals surface area contributed by atoms with Crippen LogP contribution in [0.4, 0.5) is 0 Å². The SMILES string of the molecule is CCOC(=O)C1=C(C)N=c2s/c(=C/c3ccc(-c4cccc(C(=O)OC(C)C)c4)o3)c(=O)n2[C@@H]1c1ccccc1OCC. The van der Waals surface area contributed by atoms with Crippen LogP contribution in [0.2, 0.25) is 0 Å². The number of esters is 2. The second kappa shape index (κ2) is 12.7. The topological polar surface area (TPSA) is 109 Å². The normalized spacial score (nSPS) is 14.8. The van der Waals surface area contributed by atoms with Crippen LogP contribution in [0.15, 0.2) is 86.1 Å². The van der Waals surface area contributed by atoms with Gasteiger partial charge in [0.25, 0.3) is 5.56 Å².